The molecule has 6 nitrogen and oxygen atoms in total. The van der Waals surface area contributed by atoms with Crippen LogP contribution >= 0.6 is 0 Å². The van der Waals surface area contributed by atoms with Crippen LogP contribution in [0, 0.1) is 6.92 Å². The van der Waals surface area contributed by atoms with Crippen LogP contribution in [0.25, 0.3) is 28.1 Å². The van der Waals surface area contributed by atoms with Crippen LogP contribution in [0.1, 0.15) is 5.56 Å². The number of nitrogens with zero attached hydrogens (tertiary/aromatic N) is 3. The summed E-state index contributed by atoms with van der Waals surface area (Å²) in [6.45, 7) is 2.00. The molecule has 0 aliphatic carbocycles. The quantitative estimate of drug-likeness (QED) is 0.618. The van der Waals surface area contributed by atoms with Crippen molar-refractivity contribution in [2.24, 2.45) is 0 Å². The third-order valence-corrected chi connectivity index (χ3v) is 3.79. The molecule has 4 rings (SSSR count). The number of methoxy groups -OCH3 is 1. The third kappa shape index (κ3) is 2.15. The number of nitrogens with one attached hydrogen (secondary N) is 1. The van der Waals surface area contributed by atoms with Crippen LogP contribution in [0.4, 0.5) is 0 Å². The Kier molecular flexibility index (Phi) is 2.90. The molecule has 0 amide bonds. The van der Waals surface area contributed by atoms with Gasteiger partial charge in [0.25, 0.3) is 5.56 Å². The van der Waals surface area contributed by atoms with E-state index in [1.165, 1.54) is 0 Å². The number of aromatic nitrogens is 4. The normalized spacial score (nSPS) is 11.2. The second-order valence-corrected chi connectivity index (χ2v) is 5.37. The van der Waals surface area contributed by atoms with Crippen LogP contribution in [-0.4, -0.2) is 26.7 Å². The first-order valence-electron chi connectivity index (χ1n) is 7.19. The number of benzene rings is 2. The number of ether oxygens (including phenoxy) is 1. The van der Waals surface area contributed by atoms with Crippen LogP contribution in [0.15, 0.2) is 47.3 Å². The zero-order chi connectivity index (χ0) is 16.0. The van der Waals surface area contributed by atoms with Gasteiger partial charge in [0.15, 0.2) is 5.82 Å². The fraction of sp³-hybridized carbons (Fsp3) is 0.118. The van der Waals surface area contributed by atoms with Crippen molar-refractivity contribution in [1.29, 1.82) is 0 Å². The Morgan fingerprint density at radius 1 is 1.13 bits per heavy atom. The van der Waals surface area contributed by atoms with Crippen molar-refractivity contribution in [1.82, 2.24) is 19.6 Å². The molecule has 0 aliphatic heterocycles. The Bertz CT molecular complexity index is 1080. The van der Waals surface area contributed by atoms with Gasteiger partial charge < -0.3 is 9.72 Å². The second kappa shape index (κ2) is 4.95. The monoisotopic (exact) mass is 306 g/mol. The van der Waals surface area contributed by atoms with Gasteiger partial charge in [-0.15, -0.1) is 5.10 Å². The molecule has 2 aromatic carbocycles. The molecule has 2 heterocycles. The average Bonchev–Trinajstić information content (AvgIpc) is 3.02. The Balaban J connectivity index is 1.99. The van der Waals surface area contributed by atoms with E-state index in [0.717, 1.165) is 27.9 Å². The lowest BCUT2D eigenvalue weighted by Crippen LogP contribution is -2.11. The molecule has 0 fully saturated rings. The SMILES string of the molecule is COc1ccc(-c2nc3c(=O)[nH]c4ccc(C)cc4n3n2)cc1. The molecule has 0 radical (unpaired) electrons. The van der Waals surface area contributed by atoms with Crippen molar-refractivity contribution in [2.45, 2.75) is 6.92 Å². The summed E-state index contributed by atoms with van der Waals surface area (Å²) in [5.41, 5.74) is 3.51. The van der Waals surface area contributed by atoms with Gasteiger partial charge >= 0.3 is 0 Å². The molecule has 0 bridgehead atoms. The molecule has 0 saturated heterocycles. The van der Waals surface area contributed by atoms with E-state index < -0.39 is 0 Å². The van der Waals surface area contributed by atoms with Crippen LogP contribution in [0.3, 0.4) is 0 Å². The molecule has 1 N–H and O–H groups in total. The highest BCUT2D eigenvalue weighted by Crippen LogP contribution is 2.21. The highest BCUT2D eigenvalue weighted by Gasteiger charge is 2.12. The zero-order valence-electron chi connectivity index (χ0n) is 12.7. The Morgan fingerprint density at radius 3 is 2.65 bits per heavy atom. The molecule has 6 heteroatoms. The van der Waals surface area contributed by atoms with Crippen molar-refractivity contribution in [3.05, 3.63) is 58.4 Å². The van der Waals surface area contributed by atoms with Crippen molar-refractivity contribution in [3.63, 3.8) is 0 Å². The van der Waals surface area contributed by atoms with E-state index in [1.807, 2.05) is 49.4 Å². The number of aromatic amines is 1. The molecule has 0 atom stereocenters. The molecule has 2 aromatic heterocycles. The van der Waals surface area contributed by atoms with E-state index in [-0.39, 0.29) is 11.2 Å². The fourth-order valence-electron chi connectivity index (χ4n) is 2.59. The van der Waals surface area contributed by atoms with E-state index in [9.17, 15) is 4.79 Å². The zero-order valence-corrected chi connectivity index (χ0v) is 12.7. The molecular formula is C17H14N4O2. The molecule has 4 aromatic rings. The van der Waals surface area contributed by atoms with Crippen LogP contribution in [-0.2, 0) is 0 Å². The first kappa shape index (κ1) is 13.5. The smallest absolute Gasteiger partial charge is 0.293 e. The minimum absolute atomic E-state index is 0.256. The van der Waals surface area contributed by atoms with Gasteiger partial charge in [0.05, 0.1) is 18.1 Å². The Morgan fingerprint density at radius 2 is 1.91 bits per heavy atom. The summed E-state index contributed by atoms with van der Waals surface area (Å²) in [4.78, 5) is 19.5. The molecule has 0 saturated carbocycles. The van der Waals surface area contributed by atoms with Crippen molar-refractivity contribution >= 4 is 16.7 Å². The Hall–Kier alpha value is -3.15. The summed E-state index contributed by atoms with van der Waals surface area (Å²) < 4.78 is 6.75. The predicted molar refractivity (Wildman–Crippen MR) is 87.8 cm³/mol. The van der Waals surface area contributed by atoms with Gasteiger partial charge in [-0.2, -0.15) is 0 Å². The molecule has 0 unspecified atom stereocenters. The van der Waals surface area contributed by atoms with Gasteiger partial charge in [-0.1, -0.05) is 6.07 Å². The van der Waals surface area contributed by atoms with Gasteiger partial charge in [-0.05, 0) is 48.9 Å². The van der Waals surface area contributed by atoms with Crippen LogP contribution in [0.2, 0.25) is 0 Å². The lowest BCUT2D eigenvalue weighted by molar-refractivity contribution is 0.415. The summed E-state index contributed by atoms with van der Waals surface area (Å²) in [5.74, 6) is 1.27. The Labute approximate surface area is 131 Å². The van der Waals surface area contributed by atoms with Crippen molar-refractivity contribution < 1.29 is 4.74 Å². The molecular weight excluding hydrogens is 292 g/mol. The van der Waals surface area contributed by atoms with Gasteiger partial charge in [-0.25, -0.2) is 9.50 Å². The topological polar surface area (TPSA) is 72.3 Å². The second-order valence-electron chi connectivity index (χ2n) is 5.37. The number of aryl methyl sites for hydroxylation is 1. The summed E-state index contributed by atoms with van der Waals surface area (Å²) in [6.07, 6.45) is 0. The van der Waals surface area contributed by atoms with Crippen LogP contribution in [0.5, 0.6) is 5.75 Å². The maximum atomic E-state index is 12.2. The van der Waals surface area contributed by atoms with Gasteiger partial charge in [0.2, 0.25) is 5.65 Å². The first-order chi connectivity index (χ1) is 11.2. The third-order valence-electron chi connectivity index (χ3n) is 3.79. The number of fused-ring (bicyclic) bond motifs is 3. The van der Waals surface area contributed by atoms with E-state index in [2.05, 4.69) is 15.1 Å². The lowest BCUT2D eigenvalue weighted by atomic mass is 10.2. The summed E-state index contributed by atoms with van der Waals surface area (Å²) in [7, 11) is 1.62. The minimum atomic E-state index is -0.256. The standard InChI is InChI=1S/C17H14N4O2/c1-10-3-8-13-14(9-10)21-16(17(22)18-13)19-15(20-21)11-4-6-12(23-2)7-5-11/h3-9H,1-2H3,(H,18,22). The molecule has 23 heavy (non-hydrogen) atoms. The minimum Gasteiger partial charge on any atom is -0.497 e. The van der Waals surface area contributed by atoms with E-state index in [1.54, 1.807) is 11.6 Å². The largest absolute Gasteiger partial charge is 0.497 e. The average molecular weight is 306 g/mol. The molecule has 0 spiro atoms. The predicted octanol–water partition coefficient (Wildman–Crippen LogP) is 2.55. The summed E-state index contributed by atoms with van der Waals surface area (Å²) in [6, 6.07) is 13.2. The first-order valence-corrected chi connectivity index (χ1v) is 7.19. The summed E-state index contributed by atoms with van der Waals surface area (Å²) >= 11 is 0. The van der Waals surface area contributed by atoms with Crippen LogP contribution < -0.4 is 10.3 Å². The highest BCUT2D eigenvalue weighted by atomic mass is 16.5. The number of H-pyrrole nitrogens is 1. The molecule has 114 valence electrons. The maximum absolute atomic E-state index is 12.2. The van der Waals surface area contributed by atoms with Crippen molar-refractivity contribution in [3.8, 4) is 17.1 Å². The van der Waals surface area contributed by atoms with Gasteiger partial charge in [0, 0.05) is 5.56 Å². The van der Waals surface area contributed by atoms with Gasteiger partial charge in [0.1, 0.15) is 5.75 Å². The summed E-state index contributed by atoms with van der Waals surface area (Å²) in [5, 5.41) is 4.51. The van der Waals surface area contributed by atoms with Gasteiger partial charge in [-0.3, -0.25) is 4.79 Å². The fourth-order valence-corrected chi connectivity index (χ4v) is 2.59. The number of hydrogen-bond donors (Lipinski definition) is 1. The van der Waals surface area contributed by atoms with Crippen molar-refractivity contribution in [2.75, 3.05) is 7.11 Å². The molecule has 0 aliphatic rings. The lowest BCUT2D eigenvalue weighted by Gasteiger charge is -2.01. The number of hydrogen-bond acceptors (Lipinski definition) is 4. The van der Waals surface area contributed by atoms with E-state index in [4.69, 9.17) is 4.74 Å². The van der Waals surface area contributed by atoms with E-state index >= 15 is 0 Å². The number of rotatable bonds is 2. The highest BCUT2D eigenvalue weighted by molar-refractivity contribution is 5.78. The maximum Gasteiger partial charge on any atom is 0.293 e. The van der Waals surface area contributed by atoms with E-state index in [0.29, 0.717) is 5.82 Å².